The second-order valence-corrected chi connectivity index (χ2v) is 5.68. The Kier molecular flexibility index (Phi) is 3.66. The third-order valence-electron chi connectivity index (χ3n) is 3.45. The first-order valence-electron chi connectivity index (χ1n) is 7.09. The highest BCUT2D eigenvalue weighted by Gasteiger charge is 2.18. The van der Waals surface area contributed by atoms with Crippen molar-refractivity contribution in [2.45, 2.75) is 5.16 Å². The Hall–Kier alpha value is -2.87. The van der Waals surface area contributed by atoms with E-state index >= 15 is 0 Å². The number of nitrogens with one attached hydrogen (secondary N) is 1. The molecule has 0 spiro atoms. The van der Waals surface area contributed by atoms with Crippen LogP contribution in [0.2, 0.25) is 0 Å². The van der Waals surface area contributed by atoms with Crippen molar-refractivity contribution in [1.29, 1.82) is 0 Å². The molecule has 0 saturated carbocycles. The molecular weight excluding hydrogens is 327 g/mol. The molecule has 24 heavy (non-hydrogen) atoms. The number of imidazole rings is 1. The van der Waals surface area contributed by atoms with E-state index in [4.69, 9.17) is 0 Å². The summed E-state index contributed by atoms with van der Waals surface area (Å²) in [6, 6.07) is 8.19. The molecular formula is C16H11FN6S. The number of benzene rings is 1. The second kappa shape index (κ2) is 5.97. The molecule has 4 aromatic rings. The van der Waals surface area contributed by atoms with Crippen molar-refractivity contribution in [2.75, 3.05) is 6.26 Å². The SMILES string of the molecule is CSc1nccc(-c2nc3nc[nH]c3nc2-c2ccccc2F)n1. The smallest absolute Gasteiger partial charge is 0.197 e. The van der Waals surface area contributed by atoms with E-state index in [2.05, 4.69) is 29.9 Å². The van der Waals surface area contributed by atoms with Gasteiger partial charge >= 0.3 is 0 Å². The number of aromatic nitrogens is 6. The molecule has 118 valence electrons. The Labute approximate surface area is 140 Å². The van der Waals surface area contributed by atoms with Gasteiger partial charge in [-0.1, -0.05) is 23.9 Å². The highest BCUT2D eigenvalue weighted by atomic mass is 32.2. The summed E-state index contributed by atoms with van der Waals surface area (Å²) < 4.78 is 14.3. The van der Waals surface area contributed by atoms with Gasteiger partial charge in [0.1, 0.15) is 17.2 Å². The first-order chi connectivity index (χ1) is 11.8. The van der Waals surface area contributed by atoms with Gasteiger partial charge in [0.25, 0.3) is 0 Å². The maximum atomic E-state index is 14.3. The number of fused-ring (bicyclic) bond motifs is 1. The quantitative estimate of drug-likeness (QED) is 0.456. The van der Waals surface area contributed by atoms with Gasteiger partial charge in [-0.15, -0.1) is 0 Å². The molecule has 0 bridgehead atoms. The van der Waals surface area contributed by atoms with Gasteiger partial charge in [0.15, 0.2) is 16.5 Å². The van der Waals surface area contributed by atoms with Gasteiger partial charge in [-0.2, -0.15) is 0 Å². The van der Waals surface area contributed by atoms with Crippen LogP contribution < -0.4 is 0 Å². The fourth-order valence-electron chi connectivity index (χ4n) is 2.36. The van der Waals surface area contributed by atoms with Crippen LogP contribution in [0.15, 0.2) is 48.0 Å². The summed E-state index contributed by atoms with van der Waals surface area (Å²) in [5.74, 6) is -0.369. The van der Waals surface area contributed by atoms with E-state index in [-0.39, 0.29) is 5.82 Å². The van der Waals surface area contributed by atoms with Crippen molar-refractivity contribution in [3.63, 3.8) is 0 Å². The number of nitrogens with zero attached hydrogens (tertiary/aromatic N) is 5. The Balaban J connectivity index is 2.02. The minimum atomic E-state index is -0.369. The molecule has 1 N–H and O–H groups in total. The minimum Gasteiger partial charge on any atom is -0.328 e. The van der Waals surface area contributed by atoms with Crippen molar-refractivity contribution in [2.24, 2.45) is 0 Å². The topological polar surface area (TPSA) is 80.2 Å². The molecule has 0 aliphatic heterocycles. The number of H-pyrrole nitrogens is 1. The summed E-state index contributed by atoms with van der Waals surface area (Å²) >= 11 is 1.42. The summed E-state index contributed by atoms with van der Waals surface area (Å²) in [7, 11) is 0. The van der Waals surface area contributed by atoms with Gasteiger partial charge in [0, 0.05) is 11.8 Å². The van der Waals surface area contributed by atoms with Crippen LogP contribution in [0.5, 0.6) is 0 Å². The van der Waals surface area contributed by atoms with E-state index in [0.29, 0.717) is 39.1 Å². The highest BCUT2D eigenvalue weighted by Crippen LogP contribution is 2.31. The maximum absolute atomic E-state index is 14.3. The highest BCUT2D eigenvalue weighted by molar-refractivity contribution is 7.98. The number of aromatic amines is 1. The van der Waals surface area contributed by atoms with Crippen LogP contribution in [0.3, 0.4) is 0 Å². The van der Waals surface area contributed by atoms with Crippen molar-refractivity contribution in [1.82, 2.24) is 29.9 Å². The van der Waals surface area contributed by atoms with Crippen LogP contribution in [0, 0.1) is 5.82 Å². The average molecular weight is 338 g/mol. The summed E-state index contributed by atoms with van der Waals surface area (Å²) in [5.41, 5.74) is 2.77. The fourth-order valence-corrected chi connectivity index (χ4v) is 2.71. The number of rotatable bonds is 3. The molecule has 1 aromatic carbocycles. The molecule has 8 heteroatoms. The second-order valence-electron chi connectivity index (χ2n) is 4.90. The third kappa shape index (κ3) is 2.50. The van der Waals surface area contributed by atoms with Crippen LogP contribution >= 0.6 is 11.8 Å². The molecule has 6 nitrogen and oxygen atoms in total. The lowest BCUT2D eigenvalue weighted by Crippen LogP contribution is -1.99. The molecule has 0 fully saturated rings. The lowest BCUT2D eigenvalue weighted by Gasteiger charge is -2.09. The Morgan fingerprint density at radius 1 is 1.00 bits per heavy atom. The largest absolute Gasteiger partial charge is 0.328 e. The zero-order valence-electron chi connectivity index (χ0n) is 12.6. The predicted molar refractivity (Wildman–Crippen MR) is 89.9 cm³/mol. The Morgan fingerprint density at radius 2 is 1.88 bits per heavy atom. The first kappa shape index (κ1) is 14.7. The number of halogens is 1. The van der Waals surface area contributed by atoms with E-state index in [1.165, 1.54) is 24.2 Å². The summed E-state index contributed by atoms with van der Waals surface area (Å²) in [6.07, 6.45) is 5.04. The number of hydrogen-bond donors (Lipinski definition) is 1. The van der Waals surface area contributed by atoms with Gasteiger partial charge in [0.05, 0.1) is 12.0 Å². The van der Waals surface area contributed by atoms with Crippen LogP contribution in [0.1, 0.15) is 0 Å². The van der Waals surface area contributed by atoms with Gasteiger partial charge < -0.3 is 4.98 Å². The first-order valence-corrected chi connectivity index (χ1v) is 8.32. The molecule has 0 atom stereocenters. The Morgan fingerprint density at radius 3 is 2.71 bits per heavy atom. The molecule has 3 heterocycles. The van der Waals surface area contributed by atoms with E-state index in [1.807, 2.05) is 6.26 Å². The monoisotopic (exact) mass is 338 g/mol. The molecule has 3 aromatic heterocycles. The molecule has 0 unspecified atom stereocenters. The van der Waals surface area contributed by atoms with Crippen LogP contribution in [-0.4, -0.2) is 36.2 Å². The van der Waals surface area contributed by atoms with E-state index in [9.17, 15) is 4.39 Å². The van der Waals surface area contributed by atoms with Crippen molar-refractivity contribution in [3.05, 3.63) is 48.7 Å². The Bertz CT molecular complexity index is 1030. The van der Waals surface area contributed by atoms with Crippen molar-refractivity contribution < 1.29 is 4.39 Å². The summed E-state index contributed by atoms with van der Waals surface area (Å²) in [6.45, 7) is 0. The van der Waals surface area contributed by atoms with Crippen LogP contribution in [0.4, 0.5) is 4.39 Å². The zero-order valence-corrected chi connectivity index (χ0v) is 13.4. The van der Waals surface area contributed by atoms with Crippen LogP contribution in [-0.2, 0) is 0 Å². The van der Waals surface area contributed by atoms with E-state index < -0.39 is 0 Å². The van der Waals surface area contributed by atoms with Crippen molar-refractivity contribution >= 4 is 23.1 Å². The maximum Gasteiger partial charge on any atom is 0.197 e. The standard InChI is InChI=1S/C16H11FN6S/c1-24-16-18-7-6-11(21-16)13-12(9-4-2-3-5-10(9)17)22-14-15(23-13)20-8-19-14/h2-8H,1H3,(H,19,20,22,23). The van der Waals surface area contributed by atoms with Gasteiger partial charge in [-0.05, 0) is 24.5 Å². The van der Waals surface area contributed by atoms with Gasteiger partial charge in [0.2, 0.25) is 0 Å². The predicted octanol–water partition coefficient (Wildman–Crippen LogP) is 3.34. The molecule has 0 radical (unpaired) electrons. The molecule has 0 aliphatic rings. The number of thioether (sulfide) groups is 1. The molecule has 0 amide bonds. The third-order valence-corrected chi connectivity index (χ3v) is 4.02. The van der Waals surface area contributed by atoms with E-state index in [0.717, 1.165) is 0 Å². The van der Waals surface area contributed by atoms with Gasteiger partial charge in [-0.25, -0.2) is 29.3 Å². The number of hydrogen-bond acceptors (Lipinski definition) is 6. The minimum absolute atomic E-state index is 0.362. The van der Waals surface area contributed by atoms with E-state index in [1.54, 1.807) is 30.5 Å². The molecule has 0 saturated heterocycles. The normalized spacial score (nSPS) is 11.1. The lowest BCUT2D eigenvalue weighted by molar-refractivity contribution is 0.631. The molecule has 0 aliphatic carbocycles. The van der Waals surface area contributed by atoms with Crippen LogP contribution in [0.25, 0.3) is 33.9 Å². The van der Waals surface area contributed by atoms with Crippen molar-refractivity contribution in [3.8, 4) is 22.6 Å². The summed E-state index contributed by atoms with van der Waals surface area (Å²) in [4.78, 5) is 24.7. The fraction of sp³-hybridized carbons (Fsp3) is 0.0625. The zero-order chi connectivity index (χ0) is 16.5. The molecule has 4 rings (SSSR count). The lowest BCUT2D eigenvalue weighted by atomic mass is 10.1. The van der Waals surface area contributed by atoms with Gasteiger partial charge in [-0.3, -0.25) is 0 Å². The summed E-state index contributed by atoms with van der Waals surface area (Å²) in [5, 5.41) is 0.607. The average Bonchev–Trinajstić information content (AvgIpc) is 3.08.